The summed E-state index contributed by atoms with van der Waals surface area (Å²) in [6.45, 7) is 5.24. The zero-order chi connectivity index (χ0) is 15.2. The largest absolute Gasteiger partial charge is 0.497 e. The van der Waals surface area contributed by atoms with Gasteiger partial charge in [-0.3, -0.25) is 0 Å². The fourth-order valence-electron chi connectivity index (χ4n) is 2.47. The van der Waals surface area contributed by atoms with Gasteiger partial charge in [0.25, 0.3) is 0 Å². The van der Waals surface area contributed by atoms with Crippen LogP contribution in [0.15, 0.2) is 24.3 Å². The molecule has 0 aliphatic heterocycles. The highest BCUT2D eigenvalue weighted by molar-refractivity contribution is 7.11. The molecule has 0 amide bonds. The van der Waals surface area contributed by atoms with Crippen LogP contribution in [-0.4, -0.2) is 25.7 Å². The van der Waals surface area contributed by atoms with E-state index in [2.05, 4.69) is 36.3 Å². The smallest absolute Gasteiger partial charge is 0.118 e. The van der Waals surface area contributed by atoms with E-state index in [0.29, 0.717) is 5.92 Å². The monoisotopic (exact) mass is 304 g/mol. The molecule has 0 saturated heterocycles. The number of nitrogens with zero attached hydrogens (tertiary/aromatic N) is 1. The highest BCUT2D eigenvalue weighted by Crippen LogP contribution is 2.22. The predicted octanol–water partition coefficient (Wildman–Crippen LogP) is 3.39. The number of hydrogen-bond donors (Lipinski definition) is 1. The maximum atomic E-state index is 5.21. The number of methoxy groups -OCH3 is 1. The molecule has 2 rings (SSSR count). The van der Waals surface area contributed by atoms with Crippen molar-refractivity contribution in [3.8, 4) is 5.75 Å². The van der Waals surface area contributed by atoms with E-state index in [9.17, 15) is 0 Å². The third kappa shape index (κ3) is 4.55. The molecule has 114 valence electrons. The molecule has 2 aromatic rings. The van der Waals surface area contributed by atoms with Crippen molar-refractivity contribution in [2.24, 2.45) is 5.92 Å². The Kier molecular flexibility index (Phi) is 5.76. The molecule has 4 heteroatoms. The summed E-state index contributed by atoms with van der Waals surface area (Å²) in [4.78, 5) is 6.00. The van der Waals surface area contributed by atoms with Gasteiger partial charge in [0, 0.05) is 11.3 Å². The minimum atomic E-state index is 0.563. The minimum absolute atomic E-state index is 0.563. The summed E-state index contributed by atoms with van der Waals surface area (Å²) in [7, 11) is 3.71. The fourth-order valence-corrected chi connectivity index (χ4v) is 3.52. The van der Waals surface area contributed by atoms with E-state index >= 15 is 0 Å². The molecule has 0 aliphatic carbocycles. The lowest BCUT2D eigenvalue weighted by molar-refractivity contribution is 0.414. The van der Waals surface area contributed by atoms with Crippen molar-refractivity contribution >= 4 is 11.3 Å². The van der Waals surface area contributed by atoms with Crippen LogP contribution in [0.25, 0.3) is 0 Å². The first-order valence-electron chi connectivity index (χ1n) is 7.32. The molecular formula is C17H24N2OS. The van der Waals surface area contributed by atoms with Gasteiger partial charge in [0.15, 0.2) is 0 Å². The van der Waals surface area contributed by atoms with Crippen LogP contribution in [0.4, 0.5) is 0 Å². The van der Waals surface area contributed by atoms with Gasteiger partial charge in [-0.15, -0.1) is 11.3 Å². The summed E-state index contributed by atoms with van der Waals surface area (Å²) in [5.74, 6) is 1.48. The Morgan fingerprint density at radius 3 is 2.43 bits per heavy atom. The third-order valence-corrected chi connectivity index (χ3v) is 4.81. The van der Waals surface area contributed by atoms with Crippen molar-refractivity contribution in [3.05, 3.63) is 45.4 Å². The summed E-state index contributed by atoms with van der Waals surface area (Å²) < 4.78 is 5.21. The summed E-state index contributed by atoms with van der Waals surface area (Å²) in [6, 6.07) is 8.37. The molecule has 0 aliphatic rings. The normalized spacial score (nSPS) is 12.4. The molecule has 1 aromatic carbocycles. The number of aromatic nitrogens is 1. The molecule has 0 spiro atoms. The van der Waals surface area contributed by atoms with Crippen LogP contribution in [-0.2, 0) is 12.8 Å². The van der Waals surface area contributed by atoms with Crippen LogP contribution in [0.3, 0.4) is 0 Å². The van der Waals surface area contributed by atoms with Crippen molar-refractivity contribution in [2.45, 2.75) is 26.7 Å². The topological polar surface area (TPSA) is 34.1 Å². The fraction of sp³-hybridized carbons (Fsp3) is 0.471. The van der Waals surface area contributed by atoms with E-state index in [-0.39, 0.29) is 0 Å². The van der Waals surface area contributed by atoms with Crippen molar-refractivity contribution in [3.63, 3.8) is 0 Å². The van der Waals surface area contributed by atoms with Crippen LogP contribution in [0, 0.1) is 19.8 Å². The lowest BCUT2D eigenvalue weighted by Gasteiger charge is -2.15. The predicted molar refractivity (Wildman–Crippen MR) is 89.4 cm³/mol. The SMILES string of the molecule is CNCC(Cc1ccc(OC)cc1)Cc1nc(C)c(C)s1. The van der Waals surface area contributed by atoms with Crippen molar-refractivity contribution in [1.29, 1.82) is 0 Å². The van der Waals surface area contributed by atoms with E-state index in [1.54, 1.807) is 7.11 Å². The Morgan fingerprint density at radius 2 is 1.90 bits per heavy atom. The molecule has 1 heterocycles. The highest BCUT2D eigenvalue weighted by atomic mass is 32.1. The maximum Gasteiger partial charge on any atom is 0.118 e. The Labute approximate surface area is 131 Å². The zero-order valence-electron chi connectivity index (χ0n) is 13.3. The first kappa shape index (κ1) is 16.0. The van der Waals surface area contributed by atoms with Gasteiger partial charge >= 0.3 is 0 Å². The van der Waals surface area contributed by atoms with E-state index in [1.165, 1.54) is 21.1 Å². The summed E-state index contributed by atoms with van der Waals surface area (Å²) in [5, 5.41) is 4.55. The van der Waals surface area contributed by atoms with E-state index in [0.717, 1.165) is 25.1 Å². The second-order valence-corrected chi connectivity index (χ2v) is 6.72. The van der Waals surface area contributed by atoms with Gasteiger partial charge in [-0.2, -0.15) is 0 Å². The van der Waals surface area contributed by atoms with Gasteiger partial charge in [0.1, 0.15) is 5.75 Å². The van der Waals surface area contributed by atoms with E-state index in [4.69, 9.17) is 4.74 Å². The van der Waals surface area contributed by atoms with Gasteiger partial charge < -0.3 is 10.1 Å². The molecule has 0 fully saturated rings. The van der Waals surface area contributed by atoms with Crippen LogP contribution < -0.4 is 10.1 Å². The van der Waals surface area contributed by atoms with Crippen molar-refractivity contribution in [2.75, 3.05) is 20.7 Å². The third-order valence-electron chi connectivity index (χ3n) is 3.71. The molecule has 1 unspecified atom stereocenters. The first-order chi connectivity index (χ1) is 10.1. The molecule has 1 aromatic heterocycles. The van der Waals surface area contributed by atoms with Crippen molar-refractivity contribution in [1.82, 2.24) is 10.3 Å². The lowest BCUT2D eigenvalue weighted by Crippen LogP contribution is -2.22. The molecule has 21 heavy (non-hydrogen) atoms. The Morgan fingerprint density at radius 1 is 1.19 bits per heavy atom. The number of ether oxygens (including phenoxy) is 1. The Hall–Kier alpha value is -1.39. The average molecular weight is 304 g/mol. The molecule has 0 saturated carbocycles. The van der Waals surface area contributed by atoms with Gasteiger partial charge in [-0.25, -0.2) is 4.98 Å². The molecule has 1 atom stereocenters. The number of hydrogen-bond acceptors (Lipinski definition) is 4. The number of rotatable bonds is 7. The number of nitrogens with one attached hydrogen (secondary N) is 1. The van der Waals surface area contributed by atoms with Crippen LogP contribution in [0.1, 0.15) is 21.1 Å². The van der Waals surface area contributed by atoms with Gasteiger partial charge in [0.2, 0.25) is 0 Å². The second-order valence-electron chi connectivity index (χ2n) is 5.43. The highest BCUT2D eigenvalue weighted by Gasteiger charge is 2.13. The summed E-state index contributed by atoms with van der Waals surface area (Å²) >= 11 is 1.83. The number of thiazole rings is 1. The first-order valence-corrected chi connectivity index (χ1v) is 8.14. The molecular weight excluding hydrogens is 280 g/mol. The lowest BCUT2D eigenvalue weighted by atomic mass is 9.96. The maximum absolute atomic E-state index is 5.21. The van der Waals surface area contributed by atoms with Gasteiger partial charge in [-0.05, 0) is 57.5 Å². The molecule has 0 bridgehead atoms. The number of benzene rings is 1. The van der Waals surface area contributed by atoms with Crippen LogP contribution in [0.2, 0.25) is 0 Å². The molecule has 0 radical (unpaired) electrons. The van der Waals surface area contributed by atoms with Crippen LogP contribution in [0.5, 0.6) is 5.75 Å². The number of aryl methyl sites for hydroxylation is 2. The quantitative estimate of drug-likeness (QED) is 0.851. The average Bonchev–Trinajstić information content (AvgIpc) is 2.78. The van der Waals surface area contributed by atoms with Gasteiger partial charge in [0.05, 0.1) is 17.8 Å². The van der Waals surface area contributed by atoms with E-state index in [1.807, 2.05) is 30.5 Å². The van der Waals surface area contributed by atoms with Gasteiger partial charge in [-0.1, -0.05) is 12.1 Å². The Bertz CT molecular complexity index is 543. The summed E-state index contributed by atoms with van der Waals surface area (Å²) in [6.07, 6.45) is 2.09. The second kappa shape index (κ2) is 7.57. The summed E-state index contributed by atoms with van der Waals surface area (Å²) in [5.41, 5.74) is 2.52. The molecule has 3 nitrogen and oxygen atoms in total. The standard InChI is InChI=1S/C17H24N2OS/c1-12-13(2)21-17(19-12)10-15(11-18-3)9-14-5-7-16(20-4)8-6-14/h5-8,15,18H,9-11H2,1-4H3. The Balaban J connectivity index is 2.03. The minimum Gasteiger partial charge on any atom is -0.497 e. The zero-order valence-corrected chi connectivity index (χ0v) is 14.1. The van der Waals surface area contributed by atoms with E-state index < -0.39 is 0 Å². The molecule has 1 N–H and O–H groups in total. The van der Waals surface area contributed by atoms with Crippen molar-refractivity contribution < 1.29 is 4.74 Å². The van der Waals surface area contributed by atoms with Crippen LogP contribution >= 0.6 is 11.3 Å².